The van der Waals surface area contributed by atoms with Gasteiger partial charge in [0.1, 0.15) is 0 Å². The molecule has 0 spiro atoms. The minimum atomic E-state index is -3.73. The smallest absolute Gasteiger partial charge is 0.271 e. The monoisotopic (exact) mass is 469 g/mol. The number of aryl methyl sites for hydroxylation is 1. The average Bonchev–Trinajstić information content (AvgIpc) is 2.64. The van der Waals surface area contributed by atoms with E-state index in [-0.39, 0.29) is 21.8 Å². The number of nitrogens with zero attached hydrogens (tertiary/aromatic N) is 2. The Hall–Kier alpha value is -2.30. The predicted octanol–water partition coefficient (Wildman–Crippen LogP) is 3.95. The molecule has 0 heterocycles. The van der Waals surface area contributed by atoms with Crippen molar-refractivity contribution in [2.45, 2.75) is 25.7 Å². The fourth-order valence-electron chi connectivity index (χ4n) is 2.60. The molecule has 2 aromatic carbocycles. The summed E-state index contributed by atoms with van der Waals surface area (Å²) in [5.74, 6) is -0.577. The van der Waals surface area contributed by atoms with Crippen LogP contribution in [0, 0.1) is 17.0 Å². The molecule has 0 atom stereocenters. The lowest BCUT2D eigenvalue weighted by atomic mass is 10.1. The third-order valence-corrected chi connectivity index (χ3v) is 6.94. The Kier molecular flexibility index (Phi) is 6.91. The maximum Gasteiger partial charge on any atom is 0.271 e. The van der Waals surface area contributed by atoms with Gasteiger partial charge in [0.05, 0.1) is 21.1 Å². The number of nitrogens with one attached hydrogen (secondary N) is 1. The Morgan fingerprint density at radius 1 is 1.18 bits per heavy atom. The van der Waals surface area contributed by atoms with Crippen molar-refractivity contribution >= 4 is 43.2 Å². The van der Waals surface area contributed by atoms with E-state index in [1.54, 1.807) is 20.8 Å². The largest absolute Gasteiger partial charge is 0.321 e. The first-order chi connectivity index (χ1) is 13.1. The van der Waals surface area contributed by atoms with E-state index in [9.17, 15) is 23.3 Å². The van der Waals surface area contributed by atoms with Crippen molar-refractivity contribution in [2.75, 3.05) is 18.4 Å². The van der Waals surface area contributed by atoms with E-state index < -0.39 is 20.9 Å². The number of nitro groups is 1. The first kappa shape index (κ1) is 22.0. The number of carbonyl (C=O) groups is 1. The maximum absolute atomic E-state index is 12.7. The lowest BCUT2D eigenvalue weighted by Crippen LogP contribution is -2.30. The number of carbonyl (C=O) groups excluding carboxylic acids is 1. The highest BCUT2D eigenvalue weighted by Crippen LogP contribution is 2.26. The van der Waals surface area contributed by atoms with Crippen LogP contribution in [0.5, 0.6) is 0 Å². The summed E-state index contributed by atoms with van der Waals surface area (Å²) in [7, 11) is -3.73. The van der Waals surface area contributed by atoms with Gasteiger partial charge in [-0.1, -0.05) is 19.9 Å². The summed E-state index contributed by atoms with van der Waals surface area (Å²) in [5.41, 5.74) is 0.877. The number of hydrogen-bond donors (Lipinski definition) is 1. The van der Waals surface area contributed by atoms with Gasteiger partial charge in [0.2, 0.25) is 10.0 Å². The lowest BCUT2D eigenvalue weighted by Gasteiger charge is -2.19. The SMILES string of the molecule is CCN(CC)S(=O)(=O)c1ccc(Br)c(C(=O)Nc2cc([N+](=O)[O-])ccc2C)c1. The van der Waals surface area contributed by atoms with Crippen LogP contribution in [-0.4, -0.2) is 36.6 Å². The molecule has 2 aromatic rings. The summed E-state index contributed by atoms with van der Waals surface area (Å²) >= 11 is 3.26. The zero-order valence-electron chi connectivity index (χ0n) is 15.6. The van der Waals surface area contributed by atoms with Crippen LogP contribution in [0.2, 0.25) is 0 Å². The summed E-state index contributed by atoms with van der Waals surface area (Å²) in [6.45, 7) is 5.79. The summed E-state index contributed by atoms with van der Waals surface area (Å²) in [6, 6.07) is 8.35. The molecule has 0 saturated heterocycles. The first-order valence-corrected chi connectivity index (χ1v) is 10.7. The van der Waals surface area contributed by atoms with Gasteiger partial charge in [-0.15, -0.1) is 0 Å². The molecule has 0 saturated carbocycles. The molecular formula is C18H20BrN3O5S. The molecule has 0 bridgehead atoms. The second-order valence-electron chi connectivity index (χ2n) is 5.94. The molecule has 28 heavy (non-hydrogen) atoms. The first-order valence-electron chi connectivity index (χ1n) is 8.47. The number of benzene rings is 2. The molecule has 0 unspecified atom stereocenters. The molecule has 0 aliphatic carbocycles. The Morgan fingerprint density at radius 3 is 2.39 bits per heavy atom. The second-order valence-corrected chi connectivity index (χ2v) is 8.73. The third kappa shape index (κ3) is 4.57. The lowest BCUT2D eigenvalue weighted by molar-refractivity contribution is -0.384. The van der Waals surface area contributed by atoms with Gasteiger partial charge in [0, 0.05) is 29.7 Å². The number of rotatable bonds is 7. The minimum absolute atomic E-state index is 0.000291. The molecule has 8 nitrogen and oxygen atoms in total. The summed E-state index contributed by atoms with van der Waals surface area (Å²) in [6.07, 6.45) is 0. The number of amides is 1. The van der Waals surface area contributed by atoms with Crippen LogP contribution in [0.3, 0.4) is 0 Å². The molecule has 0 aliphatic heterocycles. The minimum Gasteiger partial charge on any atom is -0.321 e. The number of hydrogen-bond acceptors (Lipinski definition) is 5. The van der Waals surface area contributed by atoms with Crippen molar-refractivity contribution < 1.29 is 18.1 Å². The van der Waals surface area contributed by atoms with Crippen molar-refractivity contribution in [3.8, 4) is 0 Å². The van der Waals surface area contributed by atoms with E-state index >= 15 is 0 Å². The Balaban J connectivity index is 2.42. The second kappa shape index (κ2) is 8.80. The summed E-state index contributed by atoms with van der Waals surface area (Å²) in [4.78, 5) is 23.1. The normalized spacial score (nSPS) is 11.5. The summed E-state index contributed by atoms with van der Waals surface area (Å²) < 4.78 is 27.1. The highest BCUT2D eigenvalue weighted by Gasteiger charge is 2.24. The number of non-ortho nitro benzene ring substituents is 1. The van der Waals surface area contributed by atoms with Crippen LogP contribution in [-0.2, 0) is 10.0 Å². The van der Waals surface area contributed by atoms with Gasteiger partial charge in [0.15, 0.2) is 0 Å². The Morgan fingerprint density at radius 2 is 1.82 bits per heavy atom. The highest BCUT2D eigenvalue weighted by atomic mass is 79.9. The molecule has 1 N–H and O–H groups in total. The van der Waals surface area contributed by atoms with Gasteiger partial charge in [-0.25, -0.2) is 8.42 Å². The fraction of sp³-hybridized carbons (Fsp3) is 0.278. The van der Waals surface area contributed by atoms with Gasteiger partial charge in [-0.05, 0) is 46.6 Å². The van der Waals surface area contributed by atoms with E-state index in [1.165, 1.54) is 40.7 Å². The van der Waals surface area contributed by atoms with Crippen LogP contribution in [0.4, 0.5) is 11.4 Å². The molecule has 150 valence electrons. The molecule has 0 aliphatic rings. The van der Waals surface area contributed by atoms with Gasteiger partial charge in [0.25, 0.3) is 11.6 Å². The van der Waals surface area contributed by atoms with Crippen molar-refractivity contribution in [1.82, 2.24) is 4.31 Å². The van der Waals surface area contributed by atoms with Crippen molar-refractivity contribution in [3.63, 3.8) is 0 Å². The fourth-order valence-corrected chi connectivity index (χ4v) is 4.51. The van der Waals surface area contributed by atoms with Crippen LogP contribution >= 0.6 is 15.9 Å². The van der Waals surface area contributed by atoms with E-state index in [0.29, 0.717) is 23.1 Å². The zero-order chi connectivity index (χ0) is 21.1. The number of anilines is 1. The zero-order valence-corrected chi connectivity index (χ0v) is 18.0. The molecule has 0 radical (unpaired) electrons. The number of nitro benzene ring substituents is 1. The van der Waals surface area contributed by atoms with Crippen LogP contribution in [0.1, 0.15) is 29.8 Å². The van der Waals surface area contributed by atoms with Crippen LogP contribution in [0.15, 0.2) is 45.8 Å². The van der Waals surface area contributed by atoms with Crippen molar-refractivity contribution in [3.05, 3.63) is 62.1 Å². The topological polar surface area (TPSA) is 110 Å². The number of halogens is 1. The van der Waals surface area contributed by atoms with E-state index in [2.05, 4.69) is 21.2 Å². The van der Waals surface area contributed by atoms with Crippen LogP contribution in [0.25, 0.3) is 0 Å². The summed E-state index contributed by atoms with van der Waals surface area (Å²) in [5, 5.41) is 13.6. The average molecular weight is 470 g/mol. The molecule has 1 amide bonds. The van der Waals surface area contributed by atoms with Gasteiger partial charge in [-0.3, -0.25) is 14.9 Å². The molecule has 0 fully saturated rings. The van der Waals surface area contributed by atoms with E-state index in [1.807, 2.05) is 0 Å². The standard InChI is InChI=1S/C18H20BrN3O5S/c1-4-21(5-2)28(26,27)14-8-9-16(19)15(11-14)18(23)20-17-10-13(22(24)25)7-6-12(17)3/h6-11H,4-5H2,1-3H3,(H,20,23). The highest BCUT2D eigenvalue weighted by molar-refractivity contribution is 9.10. The van der Waals surface area contributed by atoms with E-state index in [0.717, 1.165) is 0 Å². The third-order valence-electron chi connectivity index (χ3n) is 4.21. The molecule has 2 rings (SSSR count). The van der Waals surface area contributed by atoms with Crippen LogP contribution < -0.4 is 5.32 Å². The maximum atomic E-state index is 12.7. The Labute approximate surface area is 171 Å². The van der Waals surface area contributed by atoms with E-state index in [4.69, 9.17) is 0 Å². The molecule has 10 heteroatoms. The quantitative estimate of drug-likeness (QED) is 0.487. The molecular weight excluding hydrogens is 450 g/mol. The van der Waals surface area contributed by atoms with Gasteiger partial charge in [-0.2, -0.15) is 4.31 Å². The predicted molar refractivity (Wildman–Crippen MR) is 110 cm³/mol. The number of sulfonamides is 1. The molecule has 0 aromatic heterocycles. The van der Waals surface area contributed by atoms with Crippen molar-refractivity contribution in [2.24, 2.45) is 0 Å². The van der Waals surface area contributed by atoms with Crippen molar-refractivity contribution in [1.29, 1.82) is 0 Å². The van der Waals surface area contributed by atoms with Gasteiger partial charge < -0.3 is 5.32 Å². The Bertz CT molecular complexity index is 1020. The van der Waals surface area contributed by atoms with Gasteiger partial charge >= 0.3 is 0 Å².